The average Bonchev–Trinajstić information content (AvgIpc) is 2.79. The van der Waals surface area contributed by atoms with E-state index in [4.69, 9.17) is 10.3 Å². The van der Waals surface area contributed by atoms with Crippen LogP contribution in [0.1, 0.15) is 19.3 Å². The van der Waals surface area contributed by atoms with Crippen LogP contribution in [0.2, 0.25) is 0 Å². The lowest BCUT2D eigenvalue weighted by Crippen LogP contribution is -2.50. The minimum atomic E-state index is -4.80. The molecule has 0 spiro atoms. The van der Waals surface area contributed by atoms with Crippen LogP contribution in [0.5, 0.6) is 0 Å². The van der Waals surface area contributed by atoms with E-state index < -0.39 is 28.5 Å². The molecule has 3 unspecified atom stereocenters. The van der Waals surface area contributed by atoms with Crippen molar-refractivity contribution < 1.29 is 26.8 Å². The Balaban J connectivity index is 1.64. The molecule has 26 heavy (non-hydrogen) atoms. The van der Waals surface area contributed by atoms with Crippen LogP contribution in [0.4, 0.5) is 4.79 Å². The molecule has 13 heteroatoms. The lowest BCUT2D eigenvalue weighted by molar-refractivity contribution is -0.118. The van der Waals surface area contributed by atoms with Gasteiger partial charge in [0.25, 0.3) is 0 Å². The van der Waals surface area contributed by atoms with Crippen LogP contribution in [0.25, 0.3) is 0 Å². The Labute approximate surface area is 150 Å². The molecule has 3 rings (SSSR count). The zero-order valence-electron chi connectivity index (χ0n) is 14.0. The largest absolute Gasteiger partial charge is 0.418 e. The summed E-state index contributed by atoms with van der Waals surface area (Å²) in [5.74, 6) is -0.372. The first-order valence-corrected chi connectivity index (χ1v) is 9.69. The minimum absolute atomic E-state index is 0.0132. The number of amides is 3. The maximum atomic E-state index is 12.3. The van der Waals surface area contributed by atoms with Crippen LogP contribution < -0.4 is 16.4 Å². The normalized spacial score (nSPS) is 30.0. The van der Waals surface area contributed by atoms with E-state index in [-0.39, 0.29) is 30.8 Å². The Morgan fingerprint density at radius 2 is 2.15 bits per heavy atom. The van der Waals surface area contributed by atoms with Gasteiger partial charge >= 0.3 is 16.4 Å². The van der Waals surface area contributed by atoms with Gasteiger partial charge in [-0.05, 0) is 12.8 Å². The molecular formula is C13H22N6O6S. The molecule has 3 amide bonds. The summed E-state index contributed by atoms with van der Waals surface area (Å²) in [5.41, 5.74) is 5.95. The van der Waals surface area contributed by atoms with E-state index >= 15 is 0 Å². The third kappa shape index (κ3) is 4.29. The predicted octanol–water partition coefficient (Wildman–Crippen LogP) is -2.18. The van der Waals surface area contributed by atoms with Gasteiger partial charge in [-0.1, -0.05) is 0 Å². The zero-order chi connectivity index (χ0) is 18.9. The number of fused-ring (bicyclic) bond motifs is 2. The molecule has 3 atom stereocenters. The molecule has 0 radical (unpaired) electrons. The molecular weight excluding hydrogens is 368 g/mol. The molecule has 0 aromatic rings. The highest BCUT2D eigenvalue weighted by molar-refractivity contribution is 7.80. The molecule has 0 aromatic heterocycles. The third-order valence-electron chi connectivity index (χ3n) is 4.64. The van der Waals surface area contributed by atoms with E-state index in [2.05, 4.69) is 19.9 Å². The fraction of sp³-hybridized carbons (Fsp3) is 0.769. The number of carbonyl (C=O) groups is 2. The number of hydrogen-bond acceptors (Lipinski definition) is 7. The summed E-state index contributed by atoms with van der Waals surface area (Å²) in [5, 5.41) is 7.00. The number of nitrogens with zero attached hydrogens (tertiary/aromatic N) is 3. The van der Waals surface area contributed by atoms with E-state index in [1.165, 1.54) is 4.90 Å². The number of amidine groups is 1. The third-order valence-corrected chi connectivity index (χ3v) is 4.99. The monoisotopic (exact) mass is 390 g/mol. The van der Waals surface area contributed by atoms with E-state index in [0.717, 1.165) is 13.1 Å². The van der Waals surface area contributed by atoms with Crippen LogP contribution in [0.3, 0.4) is 0 Å². The van der Waals surface area contributed by atoms with Crippen molar-refractivity contribution in [2.24, 2.45) is 10.7 Å². The second kappa shape index (κ2) is 7.44. The number of carbonyl (C=O) groups excluding carboxylic acids is 2. The van der Waals surface area contributed by atoms with Gasteiger partial charge in [-0.3, -0.25) is 9.35 Å². The second-order valence-electron chi connectivity index (χ2n) is 6.50. The summed E-state index contributed by atoms with van der Waals surface area (Å²) in [6, 6.07) is -1.88. The molecule has 3 aliphatic rings. The van der Waals surface area contributed by atoms with E-state index in [1.54, 1.807) is 0 Å². The summed E-state index contributed by atoms with van der Waals surface area (Å²) >= 11 is 0. The summed E-state index contributed by atoms with van der Waals surface area (Å²) in [6.45, 7) is 2.46. The summed E-state index contributed by atoms with van der Waals surface area (Å²) < 4.78 is 34.9. The topological polar surface area (TPSA) is 167 Å². The summed E-state index contributed by atoms with van der Waals surface area (Å²) in [4.78, 5) is 29.6. The molecule has 12 nitrogen and oxygen atoms in total. The van der Waals surface area contributed by atoms with Gasteiger partial charge in [0.05, 0.1) is 12.1 Å². The first kappa shape index (κ1) is 19.0. The molecule has 0 aliphatic carbocycles. The van der Waals surface area contributed by atoms with Crippen LogP contribution >= 0.6 is 0 Å². The van der Waals surface area contributed by atoms with Crippen molar-refractivity contribution in [1.82, 2.24) is 20.6 Å². The van der Waals surface area contributed by atoms with Crippen molar-refractivity contribution >= 4 is 28.2 Å². The highest BCUT2D eigenvalue weighted by Crippen LogP contribution is 2.30. The molecule has 3 heterocycles. The first-order valence-electron chi connectivity index (χ1n) is 8.32. The Bertz CT molecular complexity index is 706. The number of nitrogens with one attached hydrogen (secondary N) is 2. The maximum absolute atomic E-state index is 12.3. The van der Waals surface area contributed by atoms with Crippen LogP contribution in [-0.2, 0) is 19.5 Å². The fourth-order valence-corrected chi connectivity index (χ4v) is 3.86. The fourth-order valence-electron chi connectivity index (χ4n) is 3.47. The van der Waals surface area contributed by atoms with E-state index in [0.29, 0.717) is 24.4 Å². The molecule has 3 saturated heterocycles. The van der Waals surface area contributed by atoms with Crippen molar-refractivity contribution in [1.29, 1.82) is 0 Å². The minimum Gasteiger partial charge on any atom is -0.385 e. The van der Waals surface area contributed by atoms with Crippen molar-refractivity contribution in [3.8, 4) is 0 Å². The van der Waals surface area contributed by atoms with Gasteiger partial charge in [0.2, 0.25) is 5.91 Å². The number of nitrogens with two attached hydrogens (primary N) is 1. The molecule has 2 bridgehead atoms. The summed E-state index contributed by atoms with van der Waals surface area (Å²) in [7, 11) is -4.80. The number of piperidine rings is 1. The average molecular weight is 390 g/mol. The Hall–Kier alpha value is -1.80. The van der Waals surface area contributed by atoms with Crippen molar-refractivity contribution in [2.45, 2.75) is 37.4 Å². The lowest BCUT2D eigenvalue weighted by Gasteiger charge is -2.29. The SMILES string of the molecule is NC(=NC(=O)CC1CNCCN1)C1CCC2CN1C(=O)N2OS(=O)(=O)O. The number of hydrogen-bond donors (Lipinski definition) is 4. The smallest absolute Gasteiger partial charge is 0.385 e. The van der Waals surface area contributed by atoms with Gasteiger partial charge < -0.3 is 21.3 Å². The highest BCUT2D eigenvalue weighted by atomic mass is 32.3. The number of aliphatic imine (C=N–C) groups is 1. The summed E-state index contributed by atoms with van der Waals surface area (Å²) in [6.07, 6.45) is 1.00. The first-order chi connectivity index (χ1) is 12.2. The second-order valence-corrected chi connectivity index (χ2v) is 7.50. The van der Waals surface area contributed by atoms with Gasteiger partial charge in [0, 0.05) is 38.6 Å². The number of piperazine rings is 1. The number of hydroxylamine groups is 2. The molecule has 5 N–H and O–H groups in total. The lowest BCUT2D eigenvalue weighted by atomic mass is 10.00. The number of urea groups is 1. The molecule has 3 aliphatic heterocycles. The molecule has 146 valence electrons. The Morgan fingerprint density at radius 1 is 1.38 bits per heavy atom. The van der Waals surface area contributed by atoms with Gasteiger partial charge in [-0.2, -0.15) is 18.5 Å². The van der Waals surface area contributed by atoms with Gasteiger partial charge in [-0.25, -0.2) is 4.79 Å². The predicted molar refractivity (Wildman–Crippen MR) is 89.3 cm³/mol. The van der Waals surface area contributed by atoms with Crippen LogP contribution in [0.15, 0.2) is 4.99 Å². The Morgan fingerprint density at radius 3 is 2.81 bits per heavy atom. The van der Waals surface area contributed by atoms with Crippen molar-refractivity contribution in [3.05, 3.63) is 0 Å². The highest BCUT2D eigenvalue weighted by Gasteiger charge is 2.48. The van der Waals surface area contributed by atoms with E-state index in [9.17, 15) is 18.0 Å². The van der Waals surface area contributed by atoms with Crippen LogP contribution in [-0.4, -0.2) is 85.0 Å². The Kier molecular flexibility index (Phi) is 5.43. The van der Waals surface area contributed by atoms with Crippen molar-refractivity contribution in [3.63, 3.8) is 0 Å². The van der Waals surface area contributed by atoms with Gasteiger partial charge in [-0.15, -0.1) is 4.28 Å². The molecule has 0 aromatic carbocycles. The van der Waals surface area contributed by atoms with E-state index in [1.807, 2.05) is 0 Å². The zero-order valence-corrected chi connectivity index (χ0v) is 14.8. The number of rotatable bonds is 5. The van der Waals surface area contributed by atoms with Crippen molar-refractivity contribution in [2.75, 3.05) is 26.2 Å². The van der Waals surface area contributed by atoms with Gasteiger partial charge in [0.15, 0.2) is 0 Å². The standard InChI is InChI=1S/C13H22N6O6S/c14-12(17-11(20)5-8-6-15-3-4-16-8)10-2-1-9-7-18(10)13(21)19(9)25-26(22,23)24/h8-10,15-16H,1-7H2,(H2,14,17,20)(H,22,23,24). The van der Waals surface area contributed by atoms with Gasteiger partial charge in [0.1, 0.15) is 5.84 Å². The quantitative estimate of drug-likeness (QED) is 0.232. The molecule has 0 saturated carbocycles. The molecule has 3 fully saturated rings. The van der Waals surface area contributed by atoms with Crippen LogP contribution in [0, 0.1) is 0 Å². The maximum Gasteiger partial charge on any atom is 0.418 e.